The molecule has 1 aromatic carbocycles. The van der Waals surface area contributed by atoms with Gasteiger partial charge in [0, 0.05) is 32.1 Å². The van der Waals surface area contributed by atoms with Crippen LogP contribution >= 0.6 is 0 Å². The van der Waals surface area contributed by atoms with Gasteiger partial charge in [-0.25, -0.2) is 8.42 Å². The van der Waals surface area contributed by atoms with Gasteiger partial charge in [0.25, 0.3) is 0 Å². The predicted molar refractivity (Wildman–Crippen MR) is 88.5 cm³/mol. The van der Waals surface area contributed by atoms with Gasteiger partial charge in [-0.2, -0.15) is 4.31 Å². The summed E-state index contributed by atoms with van der Waals surface area (Å²) >= 11 is 0. The number of benzene rings is 1. The van der Waals surface area contributed by atoms with Crippen LogP contribution in [-0.2, 0) is 14.8 Å². The fourth-order valence-corrected chi connectivity index (χ4v) is 4.86. The van der Waals surface area contributed by atoms with Gasteiger partial charge in [0.05, 0.1) is 4.90 Å². The van der Waals surface area contributed by atoms with Crippen LogP contribution in [0.5, 0.6) is 0 Å². The van der Waals surface area contributed by atoms with Crippen LogP contribution in [0.4, 0.5) is 0 Å². The summed E-state index contributed by atoms with van der Waals surface area (Å²) in [4.78, 5) is 14.6. The Morgan fingerprint density at radius 1 is 1.00 bits per heavy atom. The van der Waals surface area contributed by atoms with Crippen molar-refractivity contribution < 1.29 is 13.2 Å². The maximum Gasteiger partial charge on any atom is 0.243 e. The third kappa shape index (κ3) is 3.43. The van der Waals surface area contributed by atoms with Crippen molar-refractivity contribution in [3.8, 4) is 0 Å². The molecule has 0 atom stereocenters. The first kappa shape index (κ1) is 16.5. The molecule has 23 heavy (non-hydrogen) atoms. The average Bonchev–Trinajstić information content (AvgIpc) is 3.09. The van der Waals surface area contributed by atoms with Crippen molar-refractivity contribution in [3.05, 3.63) is 29.8 Å². The Labute approximate surface area is 138 Å². The zero-order valence-electron chi connectivity index (χ0n) is 13.6. The maximum absolute atomic E-state index is 12.7. The normalized spacial score (nSPS) is 20.8. The molecule has 126 valence electrons. The summed E-state index contributed by atoms with van der Waals surface area (Å²) in [5.74, 6) is 0.380. The number of carbonyl (C=O) groups excluding carboxylic acids is 1. The Hall–Kier alpha value is -1.40. The van der Waals surface area contributed by atoms with E-state index in [0.717, 1.165) is 31.2 Å². The molecule has 1 aromatic rings. The van der Waals surface area contributed by atoms with Crippen LogP contribution in [-0.4, -0.2) is 49.7 Å². The molecule has 1 aliphatic heterocycles. The third-order valence-electron chi connectivity index (χ3n) is 4.91. The van der Waals surface area contributed by atoms with E-state index in [9.17, 15) is 13.2 Å². The van der Waals surface area contributed by atoms with Gasteiger partial charge >= 0.3 is 0 Å². The topological polar surface area (TPSA) is 57.7 Å². The molecule has 1 amide bonds. The molecule has 5 nitrogen and oxygen atoms in total. The number of hydrogen-bond donors (Lipinski definition) is 0. The largest absolute Gasteiger partial charge is 0.340 e. The molecule has 2 fully saturated rings. The second kappa shape index (κ2) is 6.61. The quantitative estimate of drug-likeness (QED) is 0.848. The molecular weight excluding hydrogens is 312 g/mol. The minimum Gasteiger partial charge on any atom is -0.340 e. The fourth-order valence-electron chi connectivity index (χ4n) is 3.44. The van der Waals surface area contributed by atoms with Crippen LogP contribution in [0.15, 0.2) is 29.2 Å². The zero-order valence-corrected chi connectivity index (χ0v) is 14.4. The van der Waals surface area contributed by atoms with Gasteiger partial charge < -0.3 is 4.90 Å². The van der Waals surface area contributed by atoms with E-state index in [1.54, 1.807) is 12.1 Å². The maximum atomic E-state index is 12.7. The van der Waals surface area contributed by atoms with Crippen LogP contribution in [0.1, 0.15) is 31.2 Å². The summed E-state index contributed by atoms with van der Waals surface area (Å²) < 4.78 is 26.8. The highest BCUT2D eigenvalue weighted by Gasteiger charge is 2.33. The molecule has 1 heterocycles. The predicted octanol–water partition coefficient (Wildman–Crippen LogP) is 2.02. The lowest BCUT2D eigenvalue weighted by Crippen LogP contribution is -2.51. The van der Waals surface area contributed by atoms with Crippen LogP contribution in [0.2, 0.25) is 0 Å². The highest BCUT2D eigenvalue weighted by Crippen LogP contribution is 2.27. The summed E-state index contributed by atoms with van der Waals surface area (Å²) in [7, 11) is -3.45. The summed E-state index contributed by atoms with van der Waals surface area (Å²) in [6.07, 6.45) is 4.25. The molecule has 1 saturated carbocycles. The highest BCUT2D eigenvalue weighted by molar-refractivity contribution is 7.89. The number of piperazine rings is 1. The van der Waals surface area contributed by atoms with Gasteiger partial charge in [-0.1, -0.05) is 30.5 Å². The molecule has 0 radical (unpaired) electrons. The lowest BCUT2D eigenvalue weighted by atomic mass is 10.1. The van der Waals surface area contributed by atoms with Crippen molar-refractivity contribution in [1.82, 2.24) is 9.21 Å². The Kier molecular flexibility index (Phi) is 4.73. The fraction of sp³-hybridized carbons (Fsp3) is 0.588. The number of amides is 1. The van der Waals surface area contributed by atoms with Crippen LogP contribution < -0.4 is 0 Å². The van der Waals surface area contributed by atoms with E-state index in [2.05, 4.69) is 0 Å². The smallest absolute Gasteiger partial charge is 0.243 e. The van der Waals surface area contributed by atoms with E-state index < -0.39 is 10.0 Å². The van der Waals surface area contributed by atoms with Crippen LogP contribution in [0, 0.1) is 12.8 Å². The lowest BCUT2D eigenvalue weighted by molar-refractivity contribution is -0.136. The van der Waals surface area contributed by atoms with E-state index in [1.165, 1.54) is 4.31 Å². The Balaban J connectivity index is 1.64. The van der Waals surface area contributed by atoms with Gasteiger partial charge in [-0.3, -0.25) is 4.79 Å². The second-order valence-electron chi connectivity index (χ2n) is 6.52. The monoisotopic (exact) mass is 336 g/mol. The highest BCUT2D eigenvalue weighted by atomic mass is 32.2. The molecule has 2 aliphatic rings. The Morgan fingerprint density at radius 3 is 2.13 bits per heavy atom. The standard InChI is InChI=1S/C17H24N2O3S/c1-14-6-8-16(9-7-14)23(21,22)19-12-10-18(11-13-19)17(20)15-4-2-3-5-15/h6-9,15H,2-5,10-13H2,1H3. The molecule has 1 saturated heterocycles. The second-order valence-corrected chi connectivity index (χ2v) is 8.46. The van der Waals surface area contributed by atoms with Crippen molar-refractivity contribution in [1.29, 1.82) is 0 Å². The number of rotatable bonds is 3. The minimum atomic E-state index is -3.45. The molecule has 3 rings (SSSR count). The van der Waals surface area contributed by atoms with E-state index in [0.29, 0.717) is 31.1 Å². The van der Waals surface area contributed by atoms with Gasteiger partial charge in [0.1, 0.15) is 0 Å². The summed E-state index contributed by atoms with van der Waals surface area (Å²) in [6, 6.07) is 6.93. The minimum absolute atomic E-state index is 0.162. The van der Waals surface area contributed by atoms with Gasteiger partial charge in [-0.15, -0.1) is 0 Å². The molecule has 0 bridgehead atoms. The number of carbonyl (C=O) groups is 1. The number of nitrogens with zero attached hydrogens (tertiary/aromatic N) is 2. The molecule has 1 aliphatic carbocycles. The molecule has 0 unspecified atom stereocenters. The molecule has 0 spiro atoms. The van der Waals surface area contributed by atoms with Crippen LogP contribution in [0.3, 0.4) is 0 Å². The zero-order chi connectivity index (χ0) is 16.4. The van der Waals surface area contributed by atoms with E-state index >= 15 is 0 Å². The SMILES string of the molecule is Cc1ccc(S(=O)(=O)N2CCN(C(=O)C3CCCC3)CC2)cc1. The first-order chi connectivity index (χ1) is 11.0. The molecule has 0 aromatic heterocycles. The number of sulfonamides is 1. The van der Waals surface area contributed by atoms with Gasteiger partial charge in [0.15, 0.2) is 0 Å². The van der Waals surface area contributed by atoms with Crippen molar-refractivity contribution in [3.63, 3.8) is 0 Å². The Bertz CT molecular complexity index is 656. The first-order valence-corrected chi connectivity index (χ1v) is 9.78. The van der Waals surface area contributed by atoms with Crippen LogP contribution in [0.25, 0.3) is 0 Å². The van der Waals surface area contributed by atoms with Crippen molar-refractivity contribution in [2.45, 2.75) is 37.5 Å². The number of hydrogen-bond acceptors (Lipinski definition) is 3. The first-order valence-electron chi connectivity index (χ1n) is 8.34. The van der Waals surface area contributed by atoms with E-state index in [-0.39, 0.29) is 11.8 Å². The van der Waals surface area contributed by atoms with E-state index in [1.807, 2.05) is 24.0 Å². The molecular formula is C17H24N2O3S. The molecule has 0 N–H and O–H groups in total. The summed E-state index contributed by atoms with van der Waals surface area (Å²) in [5.41, 5.74) is 1.04. The Morgan fingerprint density at radius 2 is 1.57 bits per heavy atom. The van der Waals surface area contributed by atoms with Gasteiger partial charge in [0.2, 0.25) is 15.9 Å². The van der Waals surface area contributed by atoms with Crippen molar-refractivity contribution in [2.24, 2.45) is 5.92 Å². The van der Waals surface area contributed by atoms with Gasteiger partial charge in [-0.05, 0) is 31.9 Å². The summed E-state index contributed by atoms with van der Waals surface area (Å²) in [5, 5.41) is 0. The third-order valence-corrected chi connectivity index (χ3v) is 6.83. The lowest BCUT2D eigenvalue weighted by Gasteiger charge is -2.35. The average molecular weight is 336 g/mol. The molecule has 6 heteroatoms. The summed E-state index contributed by atoms with van der Waals surface area (Å²) in [6.45, 7) is 3.70. The van der Waals surface area contributed by atoms with Crippen molar-refractivity contribution in [2.75, 3.05) is 26.2 Å². The van der Waals surface area contributed by atoms with E-state index in [4.69, 9.17) is 0 Å². The number of aryl methyl sites for hydroxylation is 1. The van der Waals surface area contributed by atoms with Crippen molar-refractivity contribution >= 4 is 15.9 Å².